The minimum Gasteiger partial charge on any atom is -0.351 e. The molecule has 28 heavy (non-hydrogen) atoms. The second kappa shape index (κ2) is 7.01. The van der Waals surface area contributed by atoms with Crippen LogP contribution in [-0.2, 0) is 11.3 Å². The number of fused-ring (bicyclic) bond motifs is 3. The van der Waals surface area contributed by atoms with Crippen molar-refractivity contribution in [2.24, 2.45) is 0 Å². The predicted molar refractivity (Wildman–Crippen MR) is 118 cm³/mol. The minimum absolute atomic E-state index is 0.0942. The lowest BCUT2D eigenvalue weighted by atomic mass is 9.97. The number of amides is 1. The highest BCUT2D eigenvalue weighted by Gasteiger charge is 2.33. The monoisotopic (exact) mass is 497 g/mol. The molecule has 1 N–H and O–H groups in total. The van der Waals surface area contributed by atoms with E-state index < -0.39 is 0 Å². The first kappa shape index (κ1) is 17.9. The van der Waals surface area contributed by atoms with E-state index in [4.69, 9.17) is 0 Å². The van der Waals surface area contributed by atoms with Gasteiger partial charge in [0.15, 0.2) is 0 Å². The third-order valence-corrected chi connectivity index (χ3v) is 6.47. The van der Waals surface area contributed by atoms with E-state index in [-0.39, 0.29) is 17.9 Å². The number of nitrogens with one attached hydrogen (secondary N) is 1. The van der Waals surface area contributed by atoms with Crippen LogP contribution in [0.1, 0.15) is 17.9 Å². The third-order valence-electron chi connectivity index (χ3n) is 5.48. The molecular formula is C22H17Br2N3O. The summed E-state index contributed by atoms with van der Waals surface area (Å²) >= 11 is 7.19. The molecule has 0 radical (unpaired) electrons. The topological polar surface area (TPSA) is 46.9 Å². The highest BCUT2D eigenvalue weighted by molar-refractivity contribution is 9.10. The fraction of sp³-hybridized carbons (Fsp3) is 0.182. The Morgan fingerprint density at radius 1 is 0.964 bits per heavy atom. The van der Waals surface area contributed by atoms with Crippen molar-refractivity contribution < 1.29 is 4.79 Å². The number of benzene rings is 2. The lowest BCUT2D eigenvalue weighted by molar-refractivity contribution is -0.120. The summed E-state index contributed by atoms with van der Waals surface area (Å²) < 4.78 is 4.44. The number of pyridine rings is 1. The van der Waals surface area contributed by atoms with Crippen LogP contribution in [-0.4, -0.2) is 21.5 Å². The normalized spacial score (nSPS) is 19.4. The van der Waals surface area contributed by atoms with Gasteiger partial charge in [-0.3, -0.25) is 9.78 Å². The van der Waals surface area contributed by atoms with E-state index in [0.29, 0.717) is 0 Å². The van der Waals surface area contributed by atoms with Gasteiger partial charge in [-0.15, -0.1) is 0 Å². The molecule has 4 aromatic rings. The second-order valence-electron chi connectivity index (χ2n) is 7.21. The van der Waals surface area contributed by atoms with Crippen LogP contribution in [0.15, 0.2) is 69.9 Å². The maximum atomic E-state index is 12.6. The molecule has 1 amide bonds. The largest absolute Gasteiger partial charge is 0.351 e. The molecular weight excluding hydrogens is 482 g/mol. The van der Waals surface area contributed by atoms with Gasteiger partial charge in [0.2, 0.25) is 5.91 Å². The van der Waals surface area contributed by atoms with Crippen molar-refractivity contribution in [2.45, 2.75) is 24.9 Å². The number of hydrogen-bond donors (Lipinski definition) is 1. The van der Waals surface area contributed by atoms with E-state index in [9.17, 15) is 4.79 Å². The van der Waals surface area contributed by atoms with Crippen molar-refractivity contribution >= 4 is 59.6 Å². The highest BCUT2D eigenvalue weighted by Crippen LogP contribution is 2.34. The van der Waals surface area contributed by atoms with Gasteiger partial charge in [0, 0.05) is 55.7 Å². The van der Waals surface area contributed by atoms with E-state index >= 15 is 0 Å². The number of hydrogen-bond acceptors (Lipinski definition) is 2. The smallest absolute Gasteiger partial charge is 0.227 e. The number of carbonyl (C=O) groups excluding carboxylic acids is 1. The predicted octanol–water partition coefficient (Wildman–Crippen LogP) is 5.39. The van der Waals surface area contributed by atoms with Crippen LogP contribution in [0, 0.1) is 0 Å². The van der Waals surface area contributed by atoms with Crippen molar-refractivity contribution in [3.8, 4) is 0 Å². The molecule has 0 bridgehead atoms. The molecule has 1 saturated heterocycles. The van der Waals surface area contributed by atoms with E-state index in [1.807, 2.05) is 12.1 Å². The summed E-state index contributed by atoms with van der Waals surface area (Å²) in [5.74, 6) is -0.00756. The summed E-state index contributed by atoms with van der Waals surface area (Å²) in [6.45, 7) is 0.747. The maximum Gasteiger partial charge on any atom is 0.227 e. The van der Waals surface area contributed by atoms with Gasteiger partial charge in [-0.2, -0.15) is 0 Å². The summed E-state index contributed by atoms with van der Waals surface area (Å²) in [7, 11) is 0. The van der Waals surface area contributed by atoms with Crippen molar-refractivity contribution in [2.75, 3.05) is 0 Å². The molecule has 1 fully saturated rings. The Bertz CT molecular complexity index is 1140. The molecule has 140 valence electrons. The Labute approximate surface area is 179 Å². The Morgan fingerprint density at radius 3 is 2.18 bits per heavy atom. The first-order valence-electron chi connectivity index (χ1n) is 9.17. The Balaban J connectivity index is 1.54. The summed E-state index contributed by atoms with van der Waals surface area (Å²) in [6.07, 6.45) is 4.29. The molecule has 0 saturated carbocycles. The molecule has 6 heteroatoms. The van der Waals surface area contributed by atoms with Gasteiger partial charge < -0.3 is 9.88 Å². The average Bonchev–Trinajstić information content (AvgIpc) is 3.20. The summed E-state index contributed by atoms with van der Waals surface area (Å²) in [5.41, 5.74) is 3.39. The molecule has 2 unspecified atom stereocenters. The molecule has 0 aliphatic carbocycles. The van der Waals surface area contributed by atoms with Gasteiger partial charge in [-0.1, -0.05) is 31.9 Å². The number of nitrogens with zero attached hydrogens (tertiary/aromatic N) is 2. The van der Waals surface area contributed by atoms with Gasteiger partial charge in [0.1, 0.15) is 0 Å². The minimum atomic E-state index is -0.107. The van der Waals surface area contributed by atoms with Crippen LogP contribution >= 0.6 is 31.9 Å². The zero-order valence-electron chi connectivity index (χ0n) is 14.9. The van der Waals surface area contributed by atoms with Crippen molar-refractivity contribution in [3.63, 3.8) is 0 Å². The Morgan fingerprint density at radius 2 is 1.57 bits per heavy atom. The third kappa shape index (κ3) is 3.05. The molecule has 1 aliphatic rings. The van der Waals surface area contributed by atoms with Crippen LogP contribution in [0.4, 0.5) is 0 Å². The molecule has 0 spiro atoms. The van der Waals surface area contributed by atoms with E-state index in [0.717, 1.165) is 27.5 Å². The van der Waals surface area contributed by atoms with Crippen LogP contribution in [0.25, 0.3) is 21.8 Å². The molecule has 2 atom stereocenters. The molecule has 5 rings (SSSR count). The Hall–Kier alpha value is -2.18. The van der Waals surface area contributed by atoms with Gasteiger partial charge in [-0.05, 0) is 60.5 Å². The second-order valence-corrected chi connectivity index (χ2v) is 9.04. The molecule has 1 aliphatic heterocycles. The zero-order chi connectivity index (χ0) is 19.3. The number of carbonyl (C=O) groups is 1. The van der Waals surface area contributed by atoms with Crippen LogP contribution in [0.2, 0.25) is 0 Å². The van der Waals surface area contributed by atoms with Gasteiger partial charge in [0.25, 0.3) is 0 Å². The first-order valence-corrected chi connectivity index (χ1v) is 10.8. The standard InChI is InChI=1S/C22H17Br2N3O/c23-14-1-3-20-18(9-14)19-10-15(24)2-4-21(19)27(20)12-16-11-17(22(28)26-16)13-5-7-25-8-6-13/h1-10,16-17H,11-12H2,(H,26,28). The lowest BCUT2D eigenvalue weighted by Gasteiger charge is -2.14. The van der Waals surface area contributed by atoms with Crippen molar-refractivity contribution in [3.05, 3.63) is 75.4 Å². The van der Waals surface area contributed by atoms with Crippen molar-refractivity contribution in [1.29, 1.82) is 0 Å². The first-order chi connectivity index (χ1) is 13.6. The fourth-order valence-corrected chi connectivity index (χ4v) is 4.94. The summed E-state index contributed by atoms with van der Waals surface area (Å²) in [4.78, 5) is 16.6. The zero-order valence-corrected chi connectivity index (χ0v) is 18.1. The molecule has 2 aromatic heterocycles. The van der Waals surface area contributed by atoms with Crippen LogP contribution in [0.5, 0.6) is 0 Å². The van der Waals surface area contributed by atoms with Gasteiger partial charge >= 0.3 is 0 Å². The van der Waals surface area contributed by atoms with Gasteiger partial charge in [-0.25, -0.2) is 0 Å². The number of aromatic nitrogens is 2. The van der Waals surface area contributed by atoms with E-state index in [2.05, 4.69) is 83.1 Å². The van der Waals surface area contributed by atoms with Crippen LogP contribution < -0.4 is 5.32 Å². The van der Waals surface area contributed by atoms with Crippen LogP contribution in [0.3, 0.4) is 0 Å². The fourth-order valence-electron chi connectivity index (χ4n) is 4.22. The SMILES string of the molecule is O=C1NC(Cn2c3ccc(Br)cc3c3cc(Br)ccc32)CC1c1ccncc1. The molecule has 2 aromatic carbocycles. The van der Waals surface area contributed by atoms with E-state index in [1.165, 1.54) is 21.8 Å². The number of rotatable bonds is 3. The maximum absolute atomic E-state index is 12.6. The summed E-state index contributed by atoms with van der Waals surface area (Å²) in [5, 5.41) is 5.61. The Kier molecular flexibility index (Phi) is 4.48. The highest BCUT2D eigenvalue weighted by atomic mass is 79.9. The summed E-state index contributed by atoms with van der Waals surface area (Å²) in [6, 6.07) is 16.7. The quantitative estimate of drug-likeness (QED) is 0.411. The molecule has 4 nitrogen and oxygen atoms in total. The van der Waals surface area contributed by atoms with Gasteiger partial charge in [0.05, 0.1) is 5.92 Å². The van der Waals surface area contributed by atoms with Crippen molar-refractivity contribution in [1.82, 2.24) is 14.9 Å². The average molecular weight is 499 g/mol. The lowest BCUT2D eigenvalue weighted by Crippen LogP contribution is -2.29. The number of halogens is 2. The van der Waals surface area contributed by atoms with E-state index in [1.54, 1.807) is 12.4 Å². The molecule has 3 heterocycles.